The van der Waals surface area contributed by atoms with E-state index in [1.165, 1.54) is 0 Å². The molecule has 1 rings (SSSR count). The summed E-state index contributed by atoms with van der Waals surface area (Å²) in [5, 5.41) is 3.76. The highest BCUT2D eigenvalue weighted by Gasteiger charge is 2.00. The van der Waals surface area contributed by atoms with Crippen molar-refractivity contribution >= 4 is 12.2 Å². The second-order valence-electron chi connectivity index (χ2n) is 3.40. The third-order valence-electron chi connectivity index (χ3n) is 2.07. The second kappa shape index (κ2) is 8.11. The molecule has 1 aromatic carbocycles. The van der Waals surface area contributed by atoms with Gasteiger partial charge in [0.25, 0.3) is 0 Å². The summed E-state index contributed by atoms with van der Waals surface area (Å²) < 4.78 is 9.83. The van der Waals surface area contributed by atoms with Crippen LogP contribution >= 0.6 is 0 Å². The summed E-state index contributed by atoms with van der Waals surface area (Å²) >= 11 is 0. The van der Waals surface area contributed by atoms with Gasteiger partial charge in [-0.3, -0.25) is 4.79 Å². The fourth-order valence-corrected chi connectivity index (χ4v) is 1.23. The Morgan fingerprint density at radius 2 is 2.28 bits per heavy atom. The molecule has 0 atom stereocenters. The molecule has 0 aromatic heterocycles. The number of hydrogen-bond donors (Lipinski definition) is 0. The molecule has 0 fully saturated rings. The topological polar surface area (TPSA) is 57.1 Å². The Morgan fingerprint density at radius 1 is 1.44 bits per heavy atom. The lowest BCUT2D eigenvalue weighted by molar-refractivity contribution is -0.144. The molecule has 1 aromatic rings. The minimum absolute atomic E-state index is 0.198. The number of carbonyl (C=O) groups excluding carboxylic acids is 1. The van der Waals surface area contributed by atoms with Gasteiger partial charge in [0, 0.05) is 0 Å². The average molecular weight is 251 g/mol. The van der Waals surface area contributed by atoms with Gasteiger partial charge in [-0.05, 0) is 24.6 Å². The normalized spacial score (nSPS) is 10.3. The molecule has 0 bridgehead atoms. The largest absolute Gasteiger partial charge is 0.497 e. The van der Waals surface area contributed by atoms with E-state index in [1.54, 1.807) is 20.2 Å². The zero-order valence-electron chi connectivity index (χ0n) is 10.6. The van der Waals surface area contributed by atoms with E-state index >= 15 is 0 Å². The predicted molar refractivity (Wildman–Crippen MR) is 67.8 cm³/mol. The molecule has 0 aliphatic heterocycles. The average Bonchev–Trinajstić information content (AvgIpc) is 2.39. The van der Waals surface area contributed by atoms with Crippen LogP contribution in [0.25, 0.3) is 0 Å². The van der Waals surface area contributed by atoms with Crippen LogP contribution in [0.1, 0.15) is 18.9 Å². The first-order valence-electron chi connectivity index (χ1n) is 5.71. The smallest absolute Gasteiger partial charge is 0.309 e. The first kappa shape index (κ1) is 14.0. The molecule has 0 N–H and O–H groups in total. The van der Waals surface area contributed by atoms with E-state index in [9.17, 15) is 4.79 Å². The minimum atomic E-state index is -0.283. The molecule has 0 saturated carbocycles. The monoisotopic (exact) mass is 251 g/mol. The van der Waals surface area contributed by atoms with Crippen molar-refractivity contribution in [2.24, 2.45) is 5.16 Å². The van der Waals surface area contributed by atoms with Crippen molar-refractivity contribution < 1.29 is 19.1 Å². The van der Waals surface area contributed by atoms with E-state index in [0.717, 1.165) is 11.3 Å². The lowest BCUT2D eigenvalue weighted by Crippen LogP contribution is -2.06. The number of nitrogens with zero attached hydrogens (tertiary/aromatic N) is 1. The van der Waals surface area contributed by atoms with Gasteiger partial charge >= 0.3 is 5.97 Å². The van der Waals surface area contributed by atoms with Crippen LogP contribution in [0.5, 0.6) is 5.75 Å². The van der Waals surface area contributed by atoms with Crippen molar-refractivity contribution in [1.29, 1.82) is 0 Å². The van der Waals surface area contributed by atoms with Gasteiger partial charge < -0.3 is 14.3 Å². The maximum atomic E-state index is 11.0. The van der Waals surface area contributed by atoms with E-state index in [2.05, 4.69) is 5.16 Å². The van der Waals surface area contributed by atoms with E-state index in [1.807, 2.05) is 24.3 Å². The molecule has 0 aliphatic rings. The third kappa shape index (κ3) is 5.34. The molecule has 5 nitrogen and oxygen atoms in total. The molecular weight excluding hydrogens is 234 g/mol. The lowest BCUT2D eigenvalue weighted by atomic mass is 10.2. The van der Waals surface area contributed by atoms with Gasteiger partial charge in [-0.25, -0.2) is 0 Å². The van der Waals surface area contributed by atoms with Gasteiger partial charge in [0.2, 0.25) is 0 Å². The summed E-state index contributed by atoms with van der Waals surface area (Å²) in [6, 6.07) is 7.41. The highest BCUT2D eigenvalue weighted by atomic mass is 16.6. The molecule has 0 saturated heterocycles. The number of rotatable bonds is 7. The van der Waals surface area contributed by atoms with E-state index in [0.29, 0.717) is 6.61 Å². The van der Waals surface area contributed by atoms with Crippen LogP contribution in [-0.4, -0.2) is 32.5 Å². The number of benzene rings is 1. The highest BCUT2D eigenvalue weighted by Crippen LogP contribution is 2.10. The Morgan fingerprint density at radius 3 is 3.00 bits per heavy atom. The number of methoxy groups -OCH3 is 1. The summed E-state index contributed by atoms with van der Waals surface area (Å²) in [6.45, 7) is 2.35. The molecule has 0 amide bonds. The lowest BCUT2D eigenvalue weighted by Gasteiger charge is -2.01. The Labute approximate surface area is 106 Å². The molecular formula is C13H17NO4. The van der Waals surface area contributed by atoms with E-state index in [-0.39, 0.29) is 19.0 Å². The molecule has 18 heavy (non-hydrogen) atoms. The summed E-state index contributed by atoms with van der Waals surface area (Å²) in [5.74, 6) is 0.472. The third-order valence-corrected chi connectivity index (χ3v) is 2.07. The van der Waals surface area contributed by atoms with Crippen molar-refractivity contribution in [2.45, 2.75) is 13.3 Å². The molecule has 0 spiro atoms. The van der Waals surface area contributed by atoms with E-state index < -0.39 is 0 Å². The number of esters is 1. The zero-order chi connectivity index (χ0) is 13.2. The fraction of sp³-hybridized carbons (Fsp3) is 0.385. The summed E-state index contributed by atoms with van der Waals surface area (Å²) in [4.78, 5) is 15.9. The Bertz CT molecular complexity index is 404. The SMILES string of the molecule is CCOC(=O)CCO/N=C/c1cccc(OC)c1. The van der Waals surface area contributed by atoms with Crippen LogP contribution in [-0.2, 0) is 14.4 Å². The van der Waals surface area contributed by atoms with Gasteiger partial charge in [-0.1, -0.05) is 17.3 Å². The van der Waals surface area contributed by atoms with Gasteiger partial charge in [0.15, 0.2) is 0 Å². The van der Waals surface area contributed by atoms with Crippen molar-refractivity contribution in [3.63, 3.8) is 0 Å². The molecule has 0 heterocycles. The van der Waals surface area contributed by atoms with Crippen molar-refractivity contribution in [3.05, 3.63) is 29.8 Å². The number of hydrogen-bond acceptors (Lipinski definition) is 5. The number of carbonyl (C=O) groups is 1. The van der Waals surface area contributed by atoms with Crippen molar-refractivity contribution in [2.75, 3.05) is 20.3 Å². The van der Waals surface area contributed by atoms with Crippen LogP contribution < -0.4 is 4.74 Å². The molecule has 0 radical (unpaired) electrons. The molecule has 5 heteroatoms. The van der Waals surface area contributed by atoms with Gasteiger partial charge in [0.05, 0.1) is 26.4 Å². The van der Waals surface area contributed by atoms with Crippen LogP contribution in [0.3, 0.4) is 0 Å². The minimum Gasteiger partial charge on any atom is -0.497 e. The second-order valence-corrected chi connectivity index (χ2v) is 3.40. The Kier molecular flexibility index (Phi) is 6.32. The molecule has 98 valence electrons. The van der Waals surface area contributed by atoms with Gasteiger partial charge in [0.1, 0.15) is 12.4 Å². The van der Waals surface area contributed by atoms with Crippen LogP contribution in [0.4, 0.5) is 0 Å². The quantitative estimate of drug-likeness (QED) is 0.322. The number of oxime groups is 1. The highest BCUT2D eigenvalue weighted by molar-refractivity contribution is 5.79. The van der Waals surface area contributed by atoms with Crippen molar-refractivity contribution in [3.8, 4) is 5.75 Å². The zero-order valence-corrected chi connectivity index (χ0v) is 10.6. The predicted octanol–water partition coefficient (Wildman–Crippen LogP) is 2.00. The summed E-state index contributed by atoms with van der Waals surface area (Å²) in [5.41, 5.74) is 0.866. The van der Waals surface area contributed by atoms with Gasteiger partial charge in [-0.15, -0.1) is 0 Å². The summed E-state index contributed by atoms with van der Waals surface area (Å²) in [7, 11) is 1.60. The number of ether oxygens (including phenoxy) is 2. The standard InChI is InChI=1S/C13H17NO4/c1-3-17-13(15)7-8-18-14-10-11-5-4-6-12(9-11)16-2/h4-6,9-10H,3,7-8H2,1-2H3/b14-10+. The summed E-state index contributed by atoms with van der Waals surface area (Å²) in [6.07, 6.45) is 1.76. The first-order valence-corrected chi connectivity index (χ1v) is 5.71. The Balaban J connectivity index is 2.29. The van der Waals surface area contributed by atoms with Crippen LogP contribution in [0.15, 0.2) is 29.4 Å². The molecule has 0 unspecified atom stereocenters. The van der Waals surface area contributed by atoms with E-state index in [4.69, 9.17) is 14.3 Å². The Hall–Kier alpha value is -2.04. The molecule has 0 aliphatic carbocycles. The van der Waals surface area contributed by atoms with Crippen LogP contribution in [0, 0.1) is 0 Å². The van der Waals surface area contributed by atoms with Crippen LogP contribution in [0.2, 0.25) is 0 Å². The maximum Gasteiger partial charge on any atom is 0.309 e. The van der Waals surface area contributed by atoms with Crippen molar-refractivity contribution in [1.82, 2.24) is 0 Å². The maximum absolute atomic E-state index is 11.0. The van der Waals surface area contributed by atoms with Gasteiger partial charge in [-0.2, -0.15) is 0 Å². The fourth-order valence-electron chi connectivity index (χ4n) is 1.23. The first-order chi connectivity index (χ1) is 8.76.